The van der Waals surface area contributed by atoms with Gasteiger partial charge in [-0.15, -0.1) is 0 Å². The first-order valence-electron chi connectivity index (χ1n) is 7.77. The number of nitrogens with one attached hydrogen (secondary N) is 1. The van der Waals surface area contributed by atoms with Crippen LogP contribution in [0, 0.1) is 10.8 Å². The van der Waals surface area contributed by atoms with E-state index in [0.717, 1.165) is 50.8 Å². The monoisotopic (exact) mass is 326 g/mol. The summed E-state index contributed by atoms with van der Waals surface area (Å²) in [7, 11) is 0. The standard InChI is InChI=1S/C15H26N4O2S/c1-15(2,3)13(16)22-14(17)18-12(20)11-4-7-19(11)10-5-8-21-9-6-10/h10-11,16H,4-9H2,1-3H3,(H2,17,18,20)/t11-/m0/s1. The number of thioether (sulfide) groups is 1. The molecule has 3 N–H and O–H groups in total. The summed E-state index contributed by atoms with van der Waals surface area (Å²) in [5.74, 6) is -0.176. The van der Waals surface area contributed by atoms with Gasteiger partial charge in [-0.1, -0.05) is 20.8 Å². The molecule has 22 heavy (non-hydrogen) atoms. The van der Waals surface area contributed by atoms with Gasteiger partial charge in [0, 0.05) is 31.2 Å². The number of carbonyl (C=O) groups excluding carboxylic acids is 1. The quantitative estimate of drug-likeness (QED) is 0.597. The van der Waals surface area contributed by atoms with Crippen molar-refractivity contribution in [1.29, 1.82) is 5.41 Å². The van der Waals surface area contributed by atoms with Gasteiger partial charge in [-0.25, -0.2) is 0 Å². The number of nitrogens with two attached hydrogens (primary N) is 1. The van der Waals surface area contributed by atoms with Crippen LogP contribution in [0.1, 0.15) is 40.0 Å². The van der Waals surface area contributed by atoms with Gasteiger partial charge in [-0.2, -0.15) is 4.99 Å². The van der Waals surface area contributed by atoms with Gasteiger partial charge in [-0.05, 0) is 31.0 Å². The second-order valence-electron chi connectivity index (χ2n) is 6.86. The number of hydrogen-bond donors (Lipinski definition) is 2. The van der Waals surface area contributed by atoms with Crippen LogP contribution in [0.5, 0.6) is 0 Å². The predicted octanol–water partition coefficient (Wildman–Crippen LogP) is 1.84. The molecule has 2 saturated heterocycles. The fourth-order valence-corrected chi connectivity index (χ4v) is 3.24. The summed E-state index contributed by atoms with van der Waals surface area (Å²) in [6, 6.07) is 0.277. The maximum absolute atomic E-state index is 12.3. The van der Waals surface area contributed by atoms with E-state index in [4.69, 9.17) is 15.9 Å². The molecular weight excluding hydrogens is 300 g/mol. The minimum Gasteiger partial charge on any atom is -0.381 e. The summed E-state index contributed by atoms with van der Waals surface area (Å²) in [4.78, 5) is 18.5. The van der Waals surface area contributed by atoms with Crippen molar-refractivity contribution < 1.29 is 9.53 Å². The number of carbonyl (C=O) groups is 1. The summed E-state index contributed by atoms with van der Waals surface area (Å²) in [6.45, 7) is 8.31. The van der Waals surface area contributed by atoms with E-state index in [1.54, 1.807) is 0 Å². The largest absolute Gasteiger partial charge is 0.381 e. The van der Waals surface area contributed by atoms with Gasteiger partial charge in [-0.3, -0.25) is 15.1 Å². The lowest BCUT2D eigenvalue weighted by Crippen LogP contribution is -2.57. The molecule has 2 aliphatic rings. The van der Waals surface area contributed by atoms with Crippen molar-refractivity contribution in [2.45, 2.75) is 52.1 Å². The highest BCUT2D eigenvalue weighted by molar-refractivity contribution is 8.26. The van der Waals surface area contributed by atoms with Crippen LogP contribution in [-0.4, -0.2) is 52.9 Å². The van der Waals surface area contributed by atoms with E-state index in [9.17, 15) is 4.79 Å². The minimum absolute atomic E-state index is 0.147. The number of hydrogen-bond acceptors (Lipinski definition) is 5. The number of nitrogens with zero attached hydrogens (tertiary/aromatic N) is 2. The van der Waals surface area contributed by atoms with Gasteiger partial charge in [0.05, 0.1) is 11.1 Å². The van der Waals surface area contributed by atoms with Gasteiger partial charge < -0.3 is 10.5 Å². The second-order valence-corrected chi connectivity index (χ2v) is 7.89. The molecule has 0 bridgehead atoms. The Morgan fingerprint density at radius 3 is 2.45 bits per heavy atom. The molecule has 0 radical (unpaired) electrons. The third-order valence-corrected chi connectivity index (χ3v) is 5.23. The van der Waals surface area contributed by atoms with Crippen LogP contribution >= 0.6 is 11.8 Å². The molecule has 0 spiro atoms. The lowest BCUT2D eigenvalue weighted by Gasteiger charge is -2.45. The topological polar surface area (TPSA) is 91.8 Å². The Morgan fingerprint density at radius 2 is 1.95 bits per heavy atom. The van der Waals surface area contributed by atoms with Gasteiger partial charge in [0.2, 0.25) is 0 Å². The Morgan fingerprint density at radius 1 is 1.32 bits per heavy atom. The minimum atomic E-state index is -0.279. The van der Waals surface area contributed by atoms with Crippen LogP contribution in [0.4, 0.5) is 0 Å². The third-order valence-electron chi connectivity index (χ3n) is 4.11. The Kier molecular flexibility index (Phi) is 5.63. The van der Waals surface area contributed by atoms with E-state index < -0.39 is 0 Å². The van der Waals surface area contributed by atoms with Crippen LogP contribution < -0.4 is 5.73 Å². The molecule has 1 amide bonds. The molecule has 0 aromatic rings. The van der Waals surface area contributed by atoms with Crippen molar-refractivity contribution in [2.24, 2.45) is 16.1 Å². The summed E-state index contributed by atoms with van der Waals surface area (Å²) < 4.78 is 5.37. The Bertz CT molecular complexity index is 467. The molecule has 2 aliphatic heterocycles. The zero-order valence-corrected chi connectivity index (χ0v) is 14.4. The fraction of sp³-hybridized carbons (Fsp3) is 0.800. The van der Waals surface area contributed by atoms with E-state index in [2.05, 4.69) is 9.89 Å². The highest BCUT2D eigenvalue weighted by Crippen LogP contribution is 2.28. The first-order valence-corrected chi connectivity index (χ1v) is 8.59. The van der Waals surface area contributed by atoms with Crippen LogP contribution in [0.2, 0.25) is 0 Å². The SMILES string of the molecule is CC(C)(C)C(=N)SC(N)=NC(=O)[C@@H]1CCN1C1CCOCC1. The summed E-state index contributed by atoms with van der Waals surface area (Å²) >= 11 is 1.08. The van der Waals surface area contributed by atoms with E-state index in [1.807, 2.05) is 20.8 Å². The van der Waals surface area contributed by atoms with Gasteiger partial charge >= 0.3 is 0 Å². The fourth-order valence-electron chi connectivity index (χ4n) is 2.59. The maximum atomic E-state index is 12.3. The van der Waals surface area contributed by atoms with Gasteiger partial charge in [0.25, 0.3) is 5.91 Å². The number of ether oxygens (including phenoxy) is 1. The molecular formula is C15H26N4O2S. The number of aliphatic imine (C=N–C) groups is 1. The van der Waals surface area contributed by atoms with Crippen LogP contribution in [0.25, 0.3) is 0 Å². The van der Waals surface area contributed by atoms with E-state index in [0.29, 0.717) is 11.1 Å². The van der Waals surface area contributed by atoms with E-state index in [1.165, 1.54) is 0 Å². The van der Waals surface area contributed by atoms with Gasteiger partial charge in [0.1, 0.15) is 0 Å². The predicted molar refractivity (Wildman–Crippen MR) is 90.4 cm³/mol. The lowest BCUT2D eigenvalue weighted by atomic mass is 9.95. The molecule has 6 nitrogen and oxygen atoms in total. The zero-order valence-electron chi connectivity index (χ0n) is 13.6. The Labute approximate surface area is 136 Å². The smallest absolute Gasteiger partial charge is 0.265 e. The first-order chi connectivity index (χ1) is 10.3. The average Bonchev–Trinajstić information content (AvgIpc) is 2.37. The second kappa shape index (κ2) is 7.10. The molecule has 0 aromatic carbocycles. The van der Waals surface area contributed by atoms with Crippen molar-refractivity contribution in [3.63, 3.8) is 0 Å². The molecule has 0 unspecified atom stereocenters. The molecule has 2 rings (SSSR count). The first kappa shape index (κ1) is 17.4. The highest BCUT2D eigenvalue weighted by Gasteiger charge is 2.39. The molecule has 2 fully saturated rings. The molecule has 0 saturated carbocycles. The third kappa shape index (κ3) is 4.30. The summed E-state index contributed by atoms with van der Waals surface area (Å²) in [5, 5.41) is 8.53. The number of amides is 1. The molecule has 1 atom stereocenters. The molecule has 7 heteroatoms. The van der Waals surface area contributed by atoms with E-state index in [-0.39, 0.29) is 22.5 Å². The van der Waals surface area contributed by atoms with Crippen molar-refractivity contribution in [3.05, 3.63) is 0 Å². The van der Waals surface area contributed by atoms with Crippen molar-refractivity contribution in [2.75, 3.05) is 19.8 Å². The molecule has 0 aromatic heterocycles. The summed E-state index contributed by atoms with van der Waals surface area (Å²) in [5.41, 5.74) is 5.55. The highest BCUT2D eigenvalue weighted by atomic mass is 32.2. The number of amidine groups is 1. The van der Waals surface area contributed by atoms with Crippen LogP contribution in [0.3, 0.4) is 0 Å². The normalized spacial score (nSPS) is 24.9. The molecule has 0 aliphatic carbocycles. The van der Waals surface area contributed by atoms with Crippen molar-refractivity contribution >= 4 is 27.9 Å². The van der Waals surface area contributed by atoms with Crippen molar-refractivity contribution in [3.8, 4) is 0 Å². The lowest BCUT2D eigenvalue weighted by molar-refractivity contribution is -0.130. The average molecular weight is 326 g/mol. The Balaban J connectivity index is 1.90. The molecule has 124 valence electrons. The Hall–Kier alpha value is -0.920. The number of rotatable bonds is 2. The maximum Gasteiger partial charge on any atom is 0.265 e. The van der Waals surface area contributed by atoms with E-state index >= 15 is 0 Å². The summed E-state index contributed by atoms with van der Waals surface area (Å²) in [6.07, 6.45) is 2.80. The molecule has 2 heterocycles. The van der Waals surface area contributed by atoms with Gasteiger partial charge in [0.15, 0.2) is 5.17 Å². The number of likely N-dealkylation sites (tertiary alicyclic amines) is 1. The van der Waals surface area contributed by atoms with Crippen LogP contribution in [-0.2, 0) is 9.53 Å². The van der Waals surface area contributed by atoms with Crippen molar-refractivity contribution in [1.82, 2.24) is 4.90 Å². The van der Waals surface area contributed by atoms with Crippen LogP contribution in [0.15, 0.2) is 4.99 Å². The zero-order chi connectivity index (χ0) is 16.3.